The molecule has 2 aliphatic carbocycles. The van der Waals surface area contributed by atoms with E-state index in [-0.39, 0.29) is 11.8 Å². The summed E-state index contributed by atoms with van der Waals surface area (Å²) in [4.78, 5) is 23.5. The van der Waals surface area contributed by atoms with Gasteiger partial charge in [0.1, 0.15) is 0 Å². The minimum Gasteiger partial charge on any atom is -0.273 e. The van der Waals surface area contributed by atoms with Crippen LogP contribution in [0.5, 0.6) is 0 Å². The molecule has 0 aromatic carbocycles. The van der Waals surface area contributed by atoms with E-state index in [9.17, 15) is 9.59 Å². The van der Waals surface area contributed by atoms with Crippen LogP contribution in [0.2, 0.25) is 0 Å². The van der Waals surface area contributed by atoms with Crippen molar-refractivity contribution in [3.05, 3.63) is 24.3 Å². The Morgan fingerprint density at radius 3 is 1.61 bits per heavy atom. The summed E-state index contributed by atoms with van der Waals surface area (Å²) in [6.45, 7) is 0. The lowest BCUT2D eigenvalue weighted by molar-refractivity contribution is -0.122. The Hall–Kier alpha value is -2.24. The lowest BCUT2D eigenvalue weighted by atomic mass is 9.96. The highest BCUT2D eigenvalue weighted by Gasteiger charge is 2.08. The van der Waals surface area contributed by atoms with Crippen LogP contribution in [0.1, 0.15) is 77.0 Å². The molecule has 6 heteroatoms. The van der Waals surface area contributed by atoms with Gasteiger partial charge < -0.3 is 0 Å². The smallest absolute Gasteiger partial charge is 0.240 e. The number of amides is 2. The second kappa shape index (κ2) is 13.9. The maximum Gasteiger partial charge on any atom is 0.240 e. The highest BCUT2D eigenvalue weighted by molar-refractivity contribution is 5.77. The summed E-state index contributed by atoms with van der Waals surface area (Å²) in [5.41, 5.74) is 5.22. The molecule has 0 aliphatic heterocycles. The quantitative estimate of drug-likeness (QED) is 0.241. The van der Waals surface area contributed by atoms with Gasteiger partial charge in [-0.25, -0.2) is 10.9 Å². The zero-order valence-electron chi connectivity index (χ0n) is 16.8. The van der Waals surface area contributed by atoms with Crippen molar-refractivity contribution in [1.29, 1.82) is 0 Å². The SMILES string of the molecule is O=C(CCCCCCC(=O)NN=CC1CC=CCC1)NN=CC1CC=CCC1. The van der Waals surface area contributed by atoms with E-state index < -0.39 is 0 Å². The fourth-order valence-electron chi connectivity index (χ4n) is 3.37. The summed E-state index contributed by atoms with van der Waals surface area (Å²) < 4.78 is 0. The summed E-state index contributed by atoms with van der Waals surface area (Å²) in [5, 5.41) is 8.13. The number of hydrogen-bond donors (Lipinski definition) is 2. The van der Waals surface area contributed by atoms with E-state index in [0.29, 0.717) is 24.7 Å². The van der Waals surface area contributed by atoms with E-state index in [2.05, 4.69) is 45.4 Å². The molecule has 0 heterocycles. The Labute approximate surface area is 168 Å². The number of nitrogens with one attached hydrogen (secondary N) is 2. The van der Waals surface area contributed by atoms with Crippen molar-refractivity contribution in [3.8, 4) is 0 Å². The van der Waals surface area contributed by atoms with E-state index >= 15 is 0 Å². The molecule has 0 radical (unpaired) electrons. The molecule has 154 valence electrons. The van der Waals surface area contributed by atoms with Crippen LogP contribution in [0.4, 0.5) is 0 Å². The molecule has 2 aliphatic rings. The molecule has 0 fully saturated rings. The number of hydrazone groups is 2. The largest absolute Gasteiger partial charge is 0.273 e. The molecule has 0 aromatic heterocycles. The zero-order valence-corrected chi connectivity index (χ0v) is 16.8. The minimum absolute atomic E-state index is 0.0350. The summed E-state index contributed by atoms with van der Waals surface area (Å²) in [6.07, 6.45) is 23.3. The van der Waals surface area contributed by atoms with Gasteiger partial charge in [0.15, 0.2) is 0 Å². The van der Waals surface area contributed by atoms with Crippen molar-refractivity contribution >= 4 is 24.2 Å². The van der Waals surface area contributed by atoms with Gasteiger partial charge in [0.05, 0.1) is 0 Å². The van der Waals surface area contributed by atoms with Crippen LogP contribution in [-0.4, -0.2) is 24.2 Å². The van der Waals surface area contributed by atoms with Crippen LogP contribution in [0.3, 0.4) is 0 Å². The fraction of sp³-hybridized carbons (Fsp3) is 0.636. The third-order valence-electron chi connectivity index (χ3n) is 5.13. The Morgan fingerprint density at radius 2 is 1.21 bits per heavy atom. The van der Waals surface area contributed by atoms with E-state index in [1.165, 1.54) is 0 Å². The van der Waals surface area contributed by atoms with E-state index in [0.717, 1.165) is 64.2 Å². The summed E-state index contributed by atoms with van der Waals surface area (Å²) >= 11 is 0. The number of hydrogen-bond acceptors (Lipinski definition) is 4. The predicted molar refractivity (Wildman–Crippen MR) is 114 cm³/mol. The Morgan fingerprint density at radius 1 is 0.750 bits per heavy atom. The molecular formula is C22H34N4O2. The Bertz CT molecular complexity index is 543. The highest BCUT2D eigenvalue weighted by atomic mass is 16.2. The number of unbranched alkanes of at least 4 members (excludes halogenated alkanes) is 3. The van der Waals surface area contributed by atoms with E-state index in [4.69, 9.17) is 0 Å². The second-order valence-corrected chi connectivity index (χ2v) is 7.63. The average Bonchev–Trinajstić information content (AvgIpc) is 2.72. The van der Waals surface area contributed by atoms with Crippen molar-refractivity contribution in [2.75, 3.05) is 0 Å². The van der Waals surface area contributed by atoms with Gasteiger partial charge in [-0.1, -0.05) is 37.1 Å². The lowest BCUT2D eigenvalue weighted by Gasteiger charge is -2.11. The molecule has 0 aromatic rings. The third-order valence-corrected chi connectivity index (χ3v) is 5.13. The first kappa shape index (κ1) is 22.1. The predicted octanol–water partition coefficient (Wildman–Crippen LogP) is 4.24. The molecule has 6 nitrogen and oxygen atoms in total. The molecule has 0 saturated heterocycles. The summed E-state index contributed by atoms with van der Waals surface area (Å²) in [7, 11) is 0. The minimum atomic E-state index is -0.0350. The van der Waals surface area contributed by atoms with Crippen molar-refractivity contribution in [2.45, 2.75) is 77.0 Å². The molecule has 2 rings (SSSR count). The fourth-order valence-corrected chi connectivity index (χ4v) is 3.37. The van der Waals surface area contributed by atoms with Crippen molar-refractivity contribution < 1.29 is 9.59 Å². The molecule has 0 spiro atoms. The summed E-state index contributed by atoms with van der Waals surface area (Å²) in [6, 6.07) is 0. The lowest BCUT2D eigenvalue weighted by Crippen LogP contribution is -2.18. The normalized spacial score (nSPS) is 22.0. The third kappa shape index (κ3) is 10.2. The zero-order chi connectivity index (χ0) is 19.9. The molecule has 2 N–H and O–H groups in total. The Kier molecular flexibility index (Phi) is 10.9. The molecular weight excluding hydrogens is 352 g/mol. The van der Waals surface area contributed by atoms with Gasteiger partial charge in [-0.2, -0.15) is 10.2 Å². The van der Waals surface area contributed by atoms with Crippen LogP contribution in [0.25, 0.3) is 0 Å². The number of nitrogens with zero attached hydrogens (tertiary/aromatic N) is 2. The van der Waals surface area contributed by atoms with Gasteiger partial charge in [0, 0.05) is 25.3 Å². The van der Waals surface area contributed by atoms with Crippen LogP contribution in [-0.2, 0) is 9.59 Å². The average molecular weight is 387 g/mol. The first-order valence-corrected chi connectivity index (χ1v) is 10.7. The van der Waals surface area contributed by atoms with Gasteiger partial charge in [0.25, 0.3) is 0 Å². The molecule has 0 bridgehead atoms. The monoisotopic (exact) mass is 386 g/mol. The van der Waals surface area contributed by atoms with Crippen LogP contribution < -0.4 is 10.9 Å². The maximum atomic E-state index is 11.8. The van der Waals surface area contributed by atoms with E-state index in [1.807, 2.05) is 12.4 Å². The standard InChI is InChI=1S/C22H34N4O2/c27-21(25-23-17-19-11-5-3-6-12-19)15-9-1-2-10-16-22(28)26-24-18-20-13-7-4-8-14-20/h3-5,7,17-20H,1-2,6,8-16H2,(H,25,27)(H,26,28). The molecule has 2 unspecified atom stereocenters. The highest BCUT2D eigenvalue weighted by Crippen LogP contribution is 2.16. The number of allylic oxidation sites excluding steroid dienone is 4. The molecule has 28 heavy (non-hydrogen) atoms. The first-order chi connectivity index (χ1) is 13.7. The number of rotatable bonds is 11. The topological polar surface area (TPSA) is 82.9 Å². The second-order valence-electron chi connectivity index (χ2n) is 7.63. The number of carbonyl (C=O) groups is 2. The van der Waals surface area contributed by atoms with Gasteiger partial charge in [-0.3, -0.25) is 9.59 Å². The van der Waals surface area contributed by atoms with Crippen LogP contribution >= 0.6 is 0 Å². The van der Waals surface area contributed by atoms with Crippen molar-refractivity contribution in [2.24, 2.45) is 22.0 Å². The van der Waals surface area contributed by atoms with Gasteiger partial charge >= 0.3 is 0 Å². The summed E-state index contributed by atoms with van der Waals surface area (Å²) in [5.74, 6) is 0.819. The first-order valence-electron chi connectivity index (χ1n) is 10.7. The maximum absolute atomic E-state index is 11.8. The van der Waals surface area contributed by atoms with Gasteiger partial charge in [-0.15, -0.1) is 0 Å². The van der Waals surface area contributed by atoms with E-state index in [1.54, 1.807) is 0 Å². The van der Waals surface area contributed by atoms with Crippen LogP contribution in [0.15, 0.2) is 34.5 Å². The number of carbonyl (C=O) groups excluding carboxylic acids is 2. The van der Waals surface area contributed by atoms with Crippen LogP contribution in [0, 0.1) is 11.8 Å². The molecule has 2 amide bonds. The molecule has 0 saturated carbocycles. The molecule has 2 atom stereocenters. The van der Waals surface area contributed by atoms with Gasteiger partial charge in [-0.05, 0) is 63.2 Å². The van der Waals surface area contributed by atoms with Gasteiger partial charge in [0.2, 0.25) is 11.8 Å². The van der Waals surface area contributed by atoms with Crippen molar-refractivity contribution in [3.63, 3.8) is 0 Å². The Balaban J connectivity index is 1.42. The van der Waals surface area contributed by atoms with Crippen molar-refractivity contribution in [1.82, 2.24) is 10.9 Å².